The van der Waals surface area contributed by atoms with Gasteiger partial charge in [-0.15, -0.1) is 0 Å². The molecule has 0 spiro atoms. The van der Waals surface area contributed by atoms with Crippen LogP contribution in [0, 0.1) is 97.1 Å². The van der Waals surface area contributed by atoms with Crippen LogP contribution in [0.15, 0.2) is 146 Å². The molecule has 3 aliphatic carbocycles. The van der Waals surface area contributed by atoms with Gasteiger partial charge in [0.1, 0.15) is 52.2 Å². The summed E-state index contributed by atoms with van der Waals surface area (Å²) in [7, 11) is 0. The first-order chi connectivity index (χ1) is 62.3. The number of nitrogens with one attached hydrogen (secondary N) is 5. The first-order valence-corrected chi connectivity index (χ1v) is 43.3. The zero-order valence-electron chi connectivity index (χ0n) is 73.4. The lowest BCUT2D eigenvalue weighted by Gasteiger charge is -2.32. The number of carbonyl (C=O) groups is 10. The number of ketones is 3. The zero-order valence-corrected chi connectivity index (χ0v) is 75.7. The van der Waals surface area contributed by atoms with Crippen molar-refractivity contribution in [3.8, 4) is 52.8 Å². The molecule has 9 N–H and O–H groups in total. The Hall–Kier alpha value is -13.4. The van der Waals surface area contributed by atoms with E-state index >= 15 is 8.78 Å². The molecule has 0 atom stereocenters. The molecule has 3 saturated carbocycles. The van der Waals surface area contributed by atoms with Crippen LogP contribution in [0.3, 0.4) is 0 Å². The van der Waals surface area contributed by atoms with Crippen LogP contribution in [-0.4, -0.2) is 124 Å². The molecule has 0 aromatic heterocycles. The summed E-state index contributed by atoms with van der Waals surface area (Å²) in [6.45, 7) is 13.6. The Labute approximate surface area is 773 Å². The Morgan fingerprint density at radius 2 is 0.735 bits per heavy atom. The molecule has 132 heavy (non-hydrogen) atoms. The number of anilines is 3. The minimum atomic E-state index is -1.10. The third-order valence-corrected chi connectivity index (χ3v) is 22.1. The van der Waals surface area contributed by atoms with Crippen LogP contribution in [0.1, 0.15) is 221 Å². The maximum Gasteiger partial charge on any atom is 0.318 e. The molecule has 0 bridgehead atoms. The SMILES string of the molecule is Cc1c(NC(=O)COc2ccc(Cl)cc2C(=O)c2cc(F)cc(C3CC3)c2)ccc(C#CC(C)(C)N)c1F.Cc1c(NC(=O)COc2ccc(Cl)cc2C(=O)c2cc(F)cc(C3CC3)c2)ccc(C#CC(C)(C)NC(=O)CCC(=O)O)c1F.Cc1c(NC(=O)COc2ccc(Cl)cc2C(=O)c2cc(F)cc(C3CC3)c2)ccc(C#CC(C)(C)NC(=O)N2CCC(C(=O)O)CC2)c1F. The molecule has 9 aromatic rings. The van der Waals surface area contributed by atoms with Gasteiger partial charge in [-0.2, -0.15) is 0 Å². The average molecular weight is 1870 g/mol. The van der Waals surface area contributed by atoms with E-state index in [-0.39, 0.29) is 153 Å². The van der Waals surface area contributed by atoms with Gasteiger partial charge in [-0.25, -0.2) is 31.1 Å². The fourth-order valence-electron chi connectivity index (χ4n) is 13.9. The quantitative estimate of drug-likeness (QED) is 0.0135. The second kappa shape index (κ2) is 43.1. The molecule has 686 valence electrons. The number of nitrogens with two attached hydrogens (primary N) is 1. The normalized spacial score (nSPS) is 13.5. The van der Waals surface area contributed by atoms with Crippen LogP contribution >= 0.6 is 34.8 Å². The average Bonchev–Trinajstić information content (AvgIpc) is 1.49. The third-order valence-electron chi connectivity index (χ3n) is 21.4. The van der Waals surface area contributed by atoms with Crippen molar-refractivity contribution in [1.29, 1.82) is 0 Å². The van der Waals surface area contributed by atoms with Gasteiger partial charge in [-0.05, 0) is 294 Å². The van der Waals surface area contributed by atoms with E-state index in [4.69, 9.17) is 59.9 Å². The molecule has 1 saturated heterocycles. The van der Waals surface area contributed by atoms with Crippen molar-refractivity contribution in [2.24, 2.45) is 11.7 Å². The number of hydrogen-bond acceptors (Lipinski definition) is 14. The van der Waals surface area contributed by atoms with E-state index in [1.165, 1.54) is 135 Å². The van der Waals surface area contributed by atoms with Gasteiger partial charge in [0, 0.05) is 85.0 Å². The van der Waals surface area contributed by atoms with E-state index < -0.39 is 130 Å². The molecule has 6 amide bonds. The Morgan fingerprint density at radius 3 is 1.04 bits per heavy atom. The second-order valence-electron chi connectivity index (χ2n) is 34.1. The summed E-state index contributed by atoms with van der Waals surface area (Å²) in [5.41, 5.74) is 7.29. The number of halogens is 9. The van der Waals surface area contributed by atoms with Gasteiger partial charge in [0.05, 0.1) is 62.3 Å². The fourth-order valence-corrected chi connectivity index (χ4v) is 14.4. The molecule has 22 nitrogen and oxygen atoms in total. The van der Waals surface area contributed by atoms with E-state index in [0.29, 0.717) is 25.9 Å². The number of amides is 6. The van der Waals surface area contributed by atoms with Crippen molar-refractivity contribution >= 4 is 111 Å². The number of hydrogen-bond donors (Lipinski definition) is 8. The first kappa shape index (κ1) is 99.1. The van der Waals surface area contributed by atoms with E-state index in [1.807, 2.05) is 0 Å². The number of carboxylic acids is 2. The van der Waals surface area contributed by atoms with Crippen LogP contribution in [0.5, 0.6) is 17.2 Å². The van der Waals surface area contributed by atoms with Crippen LogP contribution in [-0.2, 0) is 28.8 Å². The van der Waals surface area contributed by atoms with Gasteiger partial charge in [-0.1, -0.05) is 70.3 Å². The highest BCUT2D eigenvalue weighted by atomic mass is 35.5. The minimum absolute atomic E-state index is 0.0288. The Bertz CT molecular complexity index is 6280. The summed E-state index contributed by atoms with van der Waals surface area (Å²) in [5, 5.41) is 31.9. The highest BCUT2D eigenvalue weighted by molar-refractivity contribution is 6.32. The van der Waals surface area contributed by atoms with Crippen molar-refractivity contribution in [3.05, 3.63) is 279 Å². The monoisotopic (exact) mass is 1860 g/mol. The van der Waals surface area contributed by atoms with Crippen LogP contribution in [0.2, 0.25) is 15.1 Å². The molecular weight excluding hydrogens is 1770 g/mol. The lowest BCUT2D eigenvalue weighted by molar-refractivity contribution is -0.143. The number of benzene rings is 9. The van der Waals surface area contributed by atoms with Gasteiger partial charge >= 0.3 is 18.0 Å². The third kappa shape index (κ3) is 28.1. The summed E-state index contributed by atoms with van der Waals surface area (Å²) >= 11 is 18.4. The number of carboxylic acid groups (broad SMARTS) is 2. The molecule has 31 heteroatoms. The summed E-state index contributed by atoms with van der Waals surface area (Å²) < 4.78 is 105. The van der Waals surface area contributed by atoms with Crippen LogP contribution < -0.4 is 46.5 Å². The molecule has 0 radical (unpaired) electrons. The molecule has 4 aliphatic rings. The molecule has 4 fully saturated rings. The van der Waals surface area contributed by atoms with Gasteiger partial charge in [0.15, 0.2) is 37.2 Å². The van der Waals surface area contributed by atoms with E-state index in [0.717, 1.165) is 67.3 Å². The number of likely N-dealkylation sites (tertiary alicyclic amines) is 1. The highest BCUT2D eigenvalue weighted by Crippen LogP contribution is 2.44. The molecule has 9 aromatic carbocycles. The van der Waals surface area contributed by atoms with Crippen molar-refractivity contribution < 1.29 is 98.7 Å². The van der Waals surface area contributed by atoms with Crippen molar-refractivity contribution in [1.82, 2.24) is 15.5 Å². The maximum atomic E-state index is 15.3. The Morgan fingerprint density at radius 1 is 0.417 bits per heavy atom. The number of aliphatic carboxylic acids is 2. The number of rotatable bonds is 27. The van der Waals surface area contributed by atoms with Crippen molar-refractivity contribution in [2.45, 2.75) is 161 Å². The topological polar surface area (TPSA) is 328 Å². The van der Waals surface area contributed by atoms with E-state index in [1.54, 1.807) is 65.8 Å². The second-order valence-corrected chi connectivity index (χ2v) is 35.4. The smallest absolute Gasteiger partial charge is 0.318 e. The number of urea groups is 1. The fraction of sp³-hybridized carbons (Fsp3) is 0.307. The summed E-state index contributed by atoms with van der Waals surface area (Å²) in [6, 6.07) is 34.2. The number of piperidine rings is 1. The zero-order chi connectivity index (χ0) is 96.0. The van der Waals surface area contributed by atoms with E-state index in [2.05, 4.69) is 62.1 Å². The largest absolute Gasteiger partial charge is 0.483 e. The van der Waals surface area contributed by atoms with E-state index in [9.17, 15) is 70.6 Å². The highest BCUT2D eigenvalue weighted by Gasteiger charge is 2.33. The molecule has 13 rings (SSSR count). The first-order valence-electron chi connectivity index (χ1n) is 42.1. The van der Waals surface area contributed by atoms with Crippen LogP contribution in [0.25, 0.3) is 0 Å². The van der Waals surface area contributed by atoms with Gasteiger partial charge in [0.25, 0.3) is 17.7 Å². The number of ether oxygens (including phenoxy) is 3. The van der Waals surface area contributed by atoms with Crippen molar-refractivity contribution in [3.63, 3.8) is 0 Å². The van der Waals surface area contributed by atoms with Crippen LogP contribution in [0.4, 0.5) is 48.2 Å². The summed E-state index contributed by atoms with van der Waals surface area (Å²) in [5.74, 6) is 7.92. The predicted octanol–water partition coefficient (Wildman–Crippen LogP) is 19.0. The number of carbonyl (C=O) groups excluding carboxylic acids is 8. The molecule has 1 aliphatic heterocycles. The van der Waals surface area contributed by atoms with Crippen molar-refractivity contribution in [2.75, 3.05) is 48.9 Å². The van der Waals surface area contributed by atoms with Gasteiger partial charge in [0.2, 0.25) is 5.91 Å². The predicted molar refractivity (Wildman–Crippen MR) is 488 cm³/mol. The van der Waals surface area contributed by atoms with Gasteiger partial charge < -0.3 is 61.6 Å². The molecular formula is C101H94Cl3F6N7O15. The lowest BCUT2D eigenvalue weighted by Crippen LogP contribution is -2.51. The minimum Gasteiger partial charge on any atom is -0.483 e. The molecule has 0 unspecified atom stereocenters. The lowest BCUT2D eigenvalue weighted by atomic mass is 9.97. The number of nitrogens with zero attached hydrogens (tertiary/aromatic N) is 1. The summed E-state index contributed by atoms with van der Waals surface area (Å²) in [6.07, 6.45) is 5.88. The maximum absolute atomic E-state index is 15.3. The van der Waals surface area contributed by atoms with Gasteiger partial charge in [-0.3, -0.25) is 43.2 Å². The Balaban J connectivity index is 0.000000192. The Kier molecular flexibility index (Phi) is 32.4. The summed E-state index contributed by atoms with van der Waals surface area (Å²) in [4.78, 5) is 126. The molecule has 1 heterocycles. The standard InChI is InChI=1S/C37H36ClF2N3O6.C34H31ClF2N2O6.C30H27ClF2N2O3/c1-21-30(8-6-23(33(21)40)10-13-37(2,3)42-36(48)43-14-11-24(12-15-43)35(46)47)41-32(44)20-49-31-9-7-27(38)19-29(31)34(45)26-16-25(22-4-5-22)17-28(39)18-26;1-19-27(8-6-21(32(19)37)12-13-34(2,3)39-29(40)10-11-31(42)43)38-30(41)18-45-28-9-7-24(35)17-26(28)33(44)23-14-22(20-4-5-20)15-25(36)16-23;1-17-25(8-6-19(28(17)33)10-11-30(2,3)34)35-27(36)16-38-26-9-7-22(31)15-24(26)29(37)21-12-20(18-4-5-18)13-23(32)14-21/h6-9,16-19,22,24H,4-5,11-12,14-15,20H2,1-3H3,(H,41,44)(H,42,48)(H,46,47);6-9,14-17,20H,4-5,10-11,18H2,1-3H3,(H,38,41)(H,39,40)(H,42,43);6-9,12-15,18H,4-5,16,34H2,1-3H3,(H,35,36).